The molecule has 100 valence electrons. The predicted molar refractivity (Wildman–Crippen MR) is 71.0 cm³/mol. The normalized spacial score (nSPS) is 11.9. The summed E-state index contributed by atoms with van der Waals surface area (Å²) in [5.74, 6) is -1.02. The number of urea groups is 1. The van der Waals surface area contributed by atoms with Crippen LogP contribution in [0.1, 0.15) is 24.6 Å². The molecule has 0 aliphatic rings. The number of aliphatic carboxylic acids is 1. The van der Waals surface area contributed by atoms with Gasteiger partial charge in [-0.05, 0) is 18.6 Å². The van der Waals surface area contributed by atoms with Crippen molar-refractivity contribution in [3.63, 3.8) is 0 Å². The Hall–Kier alpha value is -1.27. The Morgan fingerprint density at radius 1 is 1.50 bits per heavy atom. The van der Waals surface area contributed by atoms with E-state index in [1.54, 1.807) is 6.07 Å². The monoisotopic (exact) mass is 290 g/mol. The molecule has 2 amide bonds. The molecule has 1 aromatic heterocycles. The minimum atomic E-state index is -1.02. The third-order valence-corrected chi connectivity index (χ3v) is 3.46. The first kappa shape index (κ1) is 14.8. The van der Waals surface area contributed by atoms with Gasteiger partial charge >= 0.3 is 12.0 Å². The number of rotatable bonds is 6. The Kier molecular flexibility index (Phi) is 5.94. The van der Waals surface area contributed by atoms with Crippen molar-refractivity contribution >= 4 is 34.9 Å². The summed E-state index contributed by atoms with van der Waals surface area (Å²) in [6.45, 7) is 2.20. The maximum absolute atomic E-state index is 11.5. The summed E-state index contributed by atoms with van der Waals surface area (Å²) < 4.78 is 0.654. The maximum Gasteiger partial charge on any atom is 0.326 e. The van der Waals surface area contributed by atoms with Gasteiger partial charge in [-0.1, -0.05) is 24.9 Å². The average Bonchev–Trinajstić information content (AvgIpc) is 2.72. The summed E-state index contributed by atoms with van der Waals surface area (Å²) in [5, 5.41) is 13.9. The zero-order valence-electron chi connectivity index (χ0n) is 9.90. The van der Waals surface area contributed by atoms with Crippen LogP contribution in [-0.4, -0.2) is 23.1 Å². The van der Waals surface area contributed by atoms with Crippen molar-refractivity contribution in [1.82, 2.24) is 10.6 Å². The molecule has 1 rings (SSSR count). The van der Waals surface area contributed by atoms with E-state index in [-0.39, 0.29) is 0 Å². The van der Waals surface area contributed by atoms with Gasteiger partial charge in [0.2, 0.25) is 0 Å². The van der Waals surface area contributed by atoms with Crippen LogP contribution in [0.2, 0.25) is 4.34 Å². The lowest BCUT2D eigenvalue weighted by atomic mass is 10.2. The zero-order chi connectivity index (χ0) is 13.5. The van der Waals surface area contributed by atoms with Crippen molar-refractivity contribution in [2.24, 2.45) is 0 Å². The molecule has 1 atom stereocenters. The standard InChI is InChI=1S/C11H15ClN2O3S/c1-2-3-8(10(15)16)14-11(17)13-6-7-4-5-9(12)18-7/h4-5,8H,2-3,6H2,1H3,(H,15,16)(H2,13,14,17). The molecule has 18 heavy (non-hydrogen) atoms. The molecule has 1 heterocycles. The van der Waals surface area contributed by atoms with Crippen LogP contribution in [0.3, 0.4) is 0 Å². The zero-order valence-corrected chi connectivity index (χ0v) is 11.5. The maximum atomic E-state index is 11.5. The number of carbonyl (C=O) groups excluding carboxylic acids is 1. The van der Waals surface area contributed by atoms with Gasteiger partial charge in [0, 0.05) is 4.88 Å². The lowest BCUT2D eigenvalue weighted by Crippen LogP contribution is -2.45. The lowest BCUT2D eigenvalue weighted by Gasteiger charge is -2.13. The Bertz CT molecular complexity index is 422. The van der Waals surface area contributed by atoms with Gasteiger partial charge in [0.1, 0.15) is 6.04 Å². The van der Waals surface area contributed by atoms with Gasteiger partial charge in [0.25, 0.3) is 0 Å². The number of nitrogens with one attached hydrogen (secondary N) is 2. The van der Waals surface area contributed by atoms with Crippen molar-refractivity contribution in [3.05, 3.63) is 21.3 Å². The fourth-order valence-corrected chi connectivity index (χ4v) is 2.40. The number of amides is 2. The molecular weight excluding hydrogens is 276 g/mol. The Morgan fingerprint density at radius 2 is 2.22 bits per heavy atom. The Labute approximate surface area is 114 Å². The van der Waals surface area contributed by atoms with E-state index in [2.05, 4.69) is 10.6 Å². The van der Waals surface area contributed by atoms with Crippen LogP contribution in [0.5, 0.6) is 0 Å². The second-order valence-corrected chi connectivity index (χ2v) is 5.51. The van der Waals surface area contributed by atoms with Gasteiger partial charge in [-0.3, -0.25) is 0 Å². The van der Waals surface area contributed by atoms with Crippen molar-refractivity contribution in [3.8, 4) is 0 Å². The molecule has 0 aromatic carbocycles. The first-order valence-electron chi connectivity index (χ1n) is 5.54. The molecular formula is C11H15ClN2O3S. The number of thiophene rings is 1. The number of halogens is 1. The molecule has 0 spiro atoms. The highest BCUT2D eigenvalue weighted by molar-refractivity contribution is 7.16. The molecule has 0 saturated heterocycles. The van der Waals surface area contributed by atoms with E-state index in [1.165, 1.54) is 11.3 Å². The Morgan fingerprint density at radius 3 is 2.72 bits per heavy atom. The average molecular weight is 291 g/mol. The molecule has 0 bridgehead atoms. The predicted octanol–water partition coefficient (Wildman–Crippen LogP) is 2.45. The molecule has 0 aliphatic carbocycles. The van der Waals surface area contributed by atoms with Crippen LogP contribution in [0, 0.1) is 0 Å². The molecule has 1 aromatic rings. The van der Waals surface area contributed by atoms with Gasteiger partial charge < -0.3 is 15.7 Å². The number of carboxylic acids is 1. The first-order valence-corrected chi connectivity index (χ1v) is 6.73. The fourth-order valence-electron chi connectivity index (χ4n) is 1.37. The van der Waals surface area contributed by atoms with E-state index >= 15 is 0 Å². The van der Waals surface area contributed by atoms with Gasteiger partial charge in [0.05, 0.1) is 10.9 Å². The molecule has 5 nitrogen and oxygen atoms in total. The van der Waals surface area contributed by atoms with E-state index in [1.807, 2.05) is 13.0 Å². The minimum Gasteiger partial charge on any atom is -0.480 e. The van der Waals surface area contributed by atoms with E-state index in [9.17, 15) is 9.59 Å². The van der Waals surface area contributed by atoms with Crippen molar-refractivity contribution in [1.29, 1.82) is 0 Å². The van der Waals surface area contributed by atoms with Crippen molar-refractivity contribution < 1.29 is 14.7 Å². The number of carbonyl (C=O) groups is 2. The molecule has 0 radical (unpaired) electrons. The van der Waals surface area contributed by atoms with Crippen molar-refractivity contribution in [2.45, 2.75) is 32.4 Å². The number of hydrogen-bond acceptors (Lipinski definition) is 3. The summed E-state index contributed by atoms with van der Waals surface area (Å²) in [5.41, 5.74) is 0. The van der Waals surface area contributed by atoms with Gasteiger partial charge in [-0.25, -0.2) is 9.59 Å². The second-order valence-electron chi connectivity index (χ2n) is 3.71. The van der Waals surface area contributed by atoms with Crippen LogP contribution in [0.15, 0.2) is 12.1 Å². The van der Waals surface area contributed by atoms with Crippen LogP contribution in [0.4, 0.5) is 4.79 Å². The highest BCUT2D eigenvalue weighted by Crippen LogP contribution is 2.20. The SMILES string of the molecule is CCCC(NC(=O)NCc1ccc(Cl)s1)C(=O)O. The van der Waals surface area contributed by atoms with Gasteiger partial charge in [-0.2, -0.15) is 0 Å². The first-order chi connectivity index (χ1) is 8.52. The fraction of sp³-hybridized carbons (Fsp3) is 0.455. The van der Waals surface area contributed by atoms with Crippen LogP contribution >= 0.6 is 22.9 Å². The van der Waals surface area contributed by atoms with Crippen LogP contribution < -0.4 is 10.6 Å². The van der Waals surface area contributed by atoms with Crippen LogP contribution in [0.25, 0.3) is 0 Å². The Balaban J connectivity index is 2.38. The molecule has 3 N–H and O–H groups in total. The van der Waals surface area contributed by atoms with E-state index in [0.717, 1.165) is 4.88 Å². The highest BCUT2D eigenvalue weighted by Gasteiger charge is 2.18. The third kappa shape index (κ3) is 4.93. The second kappa shape index (κ2) is 7.23. The topological polar surface area (TPSA) is 78.4 Å². The number of carboxylic acid groups (broad SMARTS) is 1. The lowest BCUT2D eigenvalue weighted by molar-refractivity contribution is -0.139. The summed E-state index contributed by atoms with van der Waals surface area (Å²) in [6.07, 6.45) is 1.10. The molecule has 0 fully saturated rings. The summed E-state index contributed by atoms with van der Waals surface area (Å²) >= 11 is 7.13. The summed E-state index contributed by atoms with van der Waals surface area (Å²) in [7, 11) is 0. The van der Waals surface area contributed by atoms with E-state index in [0.29, 0.717) is 23.7 Å². The minimum absolute atomic E-state index is 0.335. The van der Waals surface area contributed by atoms with Crippen molar-refractivity contribution in [2.75, 3.05) is 0 Å². The van der Waals surface area contributed by atoms with Crippen LogP contribution in [-0.2, 0) is 11.3 Å². The van der Waals surface area contributed by atoms with Gasteiger partial charge in [-0.15, -0.1) is 11.3 Å². The van der Waals surface area contributed by atoms with Gasteiger partial charge in [0.15, 0.2) is 0 Å². The molecule has 0 saturated carbocycles. The van der Waals surface area contributed by atoms with E-state index < -0.39 is 18.0 Å². The number of hydrogen-bond donors (Lipinski definition) is 3. The summed E-state index contributed by atoms with van der Waals surface area (Å²) in [6, 6.07) is 2.23. The molecule has 0 aliphatic heterocycles. The molecule has 1 unspecified atom stereocenters. The van der Waals surface area contributed by atoms with E-state index in [4.69, 9.17) is 16.7 Å². The highest BCUT2D eigenvalue weighted by atomic mass is 35.5. The quantitative estimate of drug-likeness (QED) is 0.753. The molecule has 7 heteroatoms. The summed E-state index contributed by atoms with van der Waals surface area (Å²) in [4.78, 5) is 23.3. The largest absolute Gasteiger partial charge is 0.480 e. The third-order valence-electron chi connectivity index (χ3n) is 2.23. The smallest absolute Gasteiger partial charge is 0.326 e.